The van der Waals surface area contributed by atoms with Crippen molar-refractivity contribution in [1.82, 2.24) is 0 Å². The molecule has 0 radical (unpaired) electrons. The largest absolute Gasteiger partial charge is 0.489 e. The van der Waals surface area contributed by atoms with Gasteiger partial charge in [-0.15, -0.1) is 0 Å². The van der Waals surface area contributed by atoms with Crippen LogP contribution in [0.1, 0.15) is 27.0 Å². The fourth-order valence-electron chi connectivity index (χ4n) is 2.91. The number of carbonyl (C=O) groups excluding carboxylic acids is 1. The van der Waals surface area contributed by atoms with Crippen LogP contribution in [0.4, 0.5) is 4.39 Å². The molecule has 0 fully saturated rings. The van der Waals surface area contributed by atoms with Crippen LogP contribution in [-0.2, 0) is 6.61 Å². The minimum Gasteiger partial charge on any atom is -0.489 e. The van der Waals surface area contributed by atoms with E-state index in [1.807, 2.05) is 12.1 Å². The summed E-state index contributed by atoms with van der Waals surface area (Å²) >= 11 is 0. The Hall–Kier alpha value is -2.94. The van der Waals surface area contributed by atoms with E-state index in [-0.39, 0.29) is 12.4 Å². The van der Waals surface area contributed by atoms with Gasteiger partial charge in [-0.3, -0.25) is 4.79 Å². The third-order valence-corrected chi connectivity index (χ3v) is 4.23. The maximum absolute atomic E-state index is 14.2. The molecule has 3 aromatic carbocycles. The summed E-state index contributed by atoms with van der Waals surface area (Å²) in [5.41, 5.74) is 5.49. The summed E-state index contributed by atoms with van der Waals surface area (Å²) in [7, 11) is 0. The second-order valence-corrected chi connectivity index (χ2v) is 6.05. The van der Waals surface area contributed by atoms with E-state index in [2.05, 4.69) is 26.0 Å². The highest BCUT2D eigenvalue weighted by atomic mass is 19.1. The molecular weight excluding hydrogens is 315 g/mol. The van der Waals surface area contributed by atoms with Gasteiger partial charge in [-0.2, -0.15) is 0 Å². The van der Waals surface area contributed by atoms with Crippen LogP contribution in [0.25, 0.3) is 11.1 Å². The quantitative estimate of drug-likeness (QED) is 0.576. The van der Waals surface area contributed by atoms with Gasteiger partial charge in [0.1, 0.15) is 24.5 Å². The van der Waals surface area contributed by atoms with Gasteiger partial charge in [-0.1, -0.05) is 24.3 Å². The monoisotopic (exact) mass is 334 g/mol. The molecule has 0 heterocycles. The second-order valence-electron chi connectivity index (χ2n) is 6.05. The summed E-state index contributed by atoms with van der Waals surface area (Å²) in [6.45, 7) is 4.23. The number of aryl methyl sites for hydroxylation is 2. The molecular formula is C22H19FO2. The van der Waals surface area contributed by atoms with Gasteiger partial charge >= 0.3 is 0 Å². The van der Waals surface area contributed by atoms with E-state index in [1.165, 1.54) is 6.07 Å². The fourth-order valence-corrected chi connectivity index (χ4v) is 2.91. The Bertz CT molecular complexity index is 878. The molecule has 0 aliphatic heterocycles. The molecule has 0 spiro atoms. The van der Waals surface area contributed by atoms with Crippen LogP contribution < -0.4 is 4.74 Å². The lowest BCUT2D eigenvalue weighted by atomic mass is 9.94. The van der Waals surface area contributed by atoms with Crippen molar-refractivity contribution in [3.63, 3.8) is 0 Å². The summed E-state index contributed by atoms with van der Waals surface area (Å²) < 4.78 is 19.8. The van der Waals surface area contributed by atoms with E-state index in [0.29, 0.717) is 16.9 Å². The van der Waals surface area contributed by atoms with E-state index in [1.54, 1.807) is 30.3 Å². The van der Waals surface area contributed by atoms with E-state index in [9.17, 15) is 9.18 Å². The van der Waals surface area contributed by atoms with Crippen LogP contribution in [0.15, 0.2) is 60.7 Å². The maximum atomic E-state index is 14.2. The van der Waals surface area contributed by atoms with E-state index in [4.69, 9.17) is 4.74 Å². The lowest BCUT2D eigenvalue weighted by Gasteiger charge is -2.13. The highest BCUT2D eigenvalue weighted by molar-refractivity contribution is 5.74. The maximum Gasteiger partial charge on any atom is 0.150 e. The average Bonchev–Trinajstić information content (AvgIpc) is 2.62. The molecule has 0 aliphatic carbocycles. The van der Waals surface area contributed by atoms with E-state index < -0.39 is 0 Å². The Morgan fingerprint density at radius 2 is 1.64 bits per heavy atom. The summed E-state index contributed by atoms with van der Waals surface area (Å²) in [5, 5.41) is 0. The first-order valence-electron chi connectivity index (χ1n) is 8.11. The number of aldehydes is 1. The van der Waals surface area contributed by atoms with Gasteiger partial charge in [0, 0.05) is 11.1 Å². The zero-order valence-electron chi connectivity index (χ0n) is 14.3. The van der Waals surface area contributed by atoms with Gasteiger partial charge in [-0.05, 0) is 72.5 Å². The molecule has 0 aromatic heterocycles. The molecule has 25 heavy (non-hydrogen) atoms. The Kier molecular flexibility index (Phi) is 4.94. The van der Waals surface area contributed by atoms with Gasteiger partial charge in [0.25, 0.3) is 0 Å². The standard InChI is InChI=1S/C22H19FO2/c1-15-4-3-5-16(2)22(15)18-8-11-21(23)19(12-18)14-25-20-9-6-17(13-24)7-10-20/h3-13H,14H2,1-2H3. The average molecular weight is 334 g/mol. The lowest BCUT2D eigenvalue weighted by Crippen LogP contribution is -2.00. The second kappa shape index (κ2) is 7.31. The summed E-state index contributed by atoms with van der Waals surface area (Å²) in [4.78, 5) is 10.7. The van der Waals surface area contributed by atoms with Crippen molar-refractivity contribution < 1.29 is 13.9 Å². The van der Waals surface area contributed by atoms with Crippen LogP contribution >= 0.6 is 0 Å². The molecule has 0 saturated carbocycles. The molecule has 0 atom stereocenters. The zero-order valence-corrected chi connectivity index (χ0v) is 14.3. The molecule has 0 N–H and O–H groups in total. The smallest absolute Gasteiger partial charge is 0.150 e. The molecule has 126 valence electrons. The minimum atomic E-state index is -0.292. The van der Waals surface area contributed by atoms with Crippen molar-refractivity contribution in [1.29, 1.82) is 0 Å². The summed E-state index contributed by atoms with van der Waals surface area (Å²) in [6, 6.07) is 18.0. The molecule has 3 heteroatoms. The fraction of sp³-hybridized carbons (Fsp3) is 0.136. The van der Waals surface area contributed by atoms with Crippen LogP contribution in [0.5, 0.6) is 5.75 Å². The van der Waals surface area contributed by atoms with E-state index >= 15 is 0 Å². The van der Waals surface area contributed by atoms with Crippen LogP contribution in [-0.4, -0.2) is 6.29 Å². The minimum absolute atomic E-state index is 0.130. The van der Waals surface area contributed by atoms with Crippen molar-refractivity contribution in [3.05, 3.63) is 88.7 Å². The first kappa shape index (κ1) is 16.9. The Labute approximate surface area is 146 Å². The number of rotatable bonds is 5. The molecule has 0 bridgehead atoms. The van der Waals surface area contributed by atoms with Crippen LogP contribution in [0.3, 0.4) is 0 Å². The lowest BCUT2D eigenvalue weighted by molar-refractivity contribution is 0.112. The molecule has 3 aromatic rings. The Morgan fingerprint density at radius 3 is 2.28 bits per heavy atom. The number of benzene rings is 3. The zero-order chi connectivity index (χ0) is 17.8. The predicted octanol–water partition coefficient (Wildman–Crippen LogP) is 5.50. The Morgan fingerprint density at radius 1 is 0.960 bits per heavy atom. The van der Waals surface area contributed by atoms with Gasteiger partial charge in [-0.25, -0.2) is 4.39 Å². The molecule has 2 nitrogen and oxygen atoms in total. The number of hydrogen-bond donors (Lipinski definition) is 0. The predicted molar refractivity (Wildman–Crippen MR) is 97.5 cm³/mol. The Balaban J connectivity index is 1.85. The van der Waals surface area contributed by atoms with E-state index in [0.717, 1.165) is 28.5 Å². The highest BCUT2D eigenvalue weighted by Crippen LogP contribution is 2.29. The topological polar surface area (TPSA) is 26.3 Å². The van der Waals surface area contributed by atoms with Crippen LogP contribution in [0, 0.1) is 19.7 Å². The molecule has 0 aliphatic rings. The van der Waals surface area contributed by atoms with Crippen molar-refractivity contribution in [2.45, 2.75) is 20.5 Å². The number of halogens is 1. The van der Waals surface area contributed by atoms with Crippen molar-refractivity contribution >= 4 is 6.29 Å². The SMILES string of the molecule is Cc1cccc(C)c1-c1ccc(F)c(COc2ccc(C=O)cc2)c1. The van der Waals surface area contributed by atoms with Crippen molar-refractivity contribution in [2.75, 3.05) is 0 Å². The summed E-state index contributed by atoms with van der Waals surface area (Å²) in [5.74, 6) is 0.307. The third-order valence-electron chi connectivity index (χ3n) is 4.23. The first-order valence-corrected chi connectivity index (χ1v) is 8.11. The molecule has 3 rings (SSSR count). The number of hydrogen-bond acceptors (Lipinski definition) is 2. The normalized spacial score (nSPS) is 10.5. The third kappa shape index (κ3) is 3.77. The first-order chi connectivity index (χ1) is 12.1. The van der Waals surface area contributed by atoms with Gasteiger partial charge in [0.05, 0.1) is 0 Å². The summed E-state index contributed by atoms with van der Waals surface area (Å²) in [6.07, 6.45) is 0.775. The molecule has 0 saturated heterocycles. The highest BCUT2D eigenvalue weighted by Gasteiger charge is 2.10. The molecule has 0 amide bonds. The van der Waals surface area contributed by atoms with Crippen molar-refractivity contribution in [3.8, 4) is 16.9 Å². The molecule has 0 unspecified atom stereocenters. The number of carbonyl (C=O) groups is 1. The van der Waals surface area contributed by atoms with Gasteiger partial charge in [0.2, 0.25) is 0 Å². The van der Waals surface area contributed by atoms with Gasteiger partial charge < -0.3 is 4.74 Å². The van der Waals surface area contributed by atoms with Crippen LogP contribution in [0.2, 0.25) is 0 Å². The van der Waals surface area contributed by atoms with Gasteiger partial charge in [0.15, 0.2) is 0 Å². The van der Waals surface area contributed by atoms with Crippen molar-refractivity contribution in [2.24, 2.45) is 0 Å². The number of ether oxygens (including phenoxy) is 1.